The summed E-state index contributed by atoms with van der Waals surface area (Å²) in [7, 11) is 0. The largest absolute Gasteiger partial charge is 0.337 e. The molecule has 0 unspecified atom stereocenters. The van der Waals surface area contributed by atoms with E-state index in [1.807, 2.05) is 11.8 Å². The molecule has 1 aliphatic carbocycles. The molecule has 0 aromatic heterocycles. The molecular formula is C16H22FN3O2S. The van der Waals surface area contributed by atoms with Crippen LogP contribution in [0.4, 0.5) is 20.6 Å². The summed E-state index contributed by atoms with van der Waals surface area (Å²) in [6.45, 7) is 1.91. The van der Waals surface area contributed by atoms with Gasteiger partial charge in [-0.05, 0) is 31.0 Å². The Bertz CT molecular complexity index is 562. The first-order valence-corrected chi connectivity index (χ1v) is 8.83. The number of benzene rings is 1. The van der Waals surface area contributed by atoms with Crippen molar-refractivity contribution in [3.63, 3.8) is 0 Å². The molecular weight excluding hydrogens is 317 g/mol. The van der Waals surface area contributed by atoms with Crippen molar-refractivity contribution in [2.75, 3.05) is 22.9 Å². The van der Waals surface area contributed by atoms with E-state index < -0.39 is 11.8 Å². The van der Waals surface area contributed by atoms with Crippen LogP contribution in [-0.2, 0) is 4.79 Å². The van der Waals surface area contributed by atoms with Crippen molar-refractivity contribution < 1.29 is 14.0 Å². The zero-order chi connectivity index (χ0) is 16.7. The van der Waals surface area contributed by atoms with E-state index in [4.69, 9.17) is 0 Å². The Balaban J connectivity index is 1.76. The van der Waals surface area contributed by atoms with Gasteiger partial charge in [0.05, 0.1) is 5.69 Å². The van der Waals surface area contributed by atoms with Crippen LogP contribution in [0.15, 0.2) is 18.2 Å². The second kappa shape index (κ2) is 8.76. The van der Waals surface area contributed by atoms with Gasteiger partial charge in [0.2, 0.25) is 5.91 Å². The normalized spacial score (nSPS) is 14.5. The molecule has 23 heavy (non-hydrogen) atoms. The maximum absolute atomic E-state index is 13.7. The second-order valence-electron chi connectivity index (χ2n) is 5.53. The minimum Gasteiger partial charge on any atom is -0.337 e. The fourth-order valence-electron chi connectivity index (χ4n) is 2.51. The summed E-state index contributed by atoms with van der Waals surface area (Å²) in [4.78, 5) is 22.8. The second-order valence-corrected chi connectivity index (χ2v) is 6.94. The fraction of sp³-hybridized carbons (Fsp3) is 0.500. The van der Waals surface area contributed by atoms with Gasteiger partial charge in [0, 0.05) is 30.2 Å². The van der Waals surface area contributed by atoms with E-state index in [0.717, 1.165) is 5.75 Å². The SMILES string of the molecule is CC(=O)Nc1ccc(F)c(NC(=O)NCCSC2CCCC2)c1. The van der Waals surface area contributed by atoms with Gasteiger partial charge in [-0.2, -0.15) is 11.8 Å². The van der Waals surface area contributed by atoms with E-state index in [1.54, 1.807) is 0 Å². The van der Waals surface area contributed by atoms with Crippen molar-refractivity contribution in [3.05, 3.63) is 24.0 Å². The third-order valence-electron chi connectivity index (χ3n) is 3.58. The predicted molar refractivity (Wildman–Crippen MR) is 92.4 cm³/mol. The van der Waals surface area contributed by atoms with E-state index in [9.17, 15) is 14.0 Å². The van der Waals surface area contributed by atoms with Crippen LogP contribution in [-0.4, -0.2) is 29.5 Å². The Morgan fingerprint density at radius 2 is 2.00 bits per heavy atom. The third kappa shape index (κ3) is 6.09. The first-order valence-electron chi connectivity index (χ1n) is 7.78. The molecule has 3 N–H and O–H groups in total. The molecule has 1 aliphatic rings. The van der Waals surface area contributed by atoms with Crippen molar-refractivity contribution in [1.29, 1.82) is 0 Å². The lowest BCUT2D eigenvalue weighted by Gasteiger charge is -2.11. The third-order valence-corrected chi connectivity index (χ3v) is 4.96. The molecule has 2 rings (SSSR count). The molecule has 0 aliphatic heterocycles. The minimum absolute atomic E-state index is 0.0391. The highest BCUT2D eigenvalue weighted by Gasteiger charge is 2.15. The van der Waals surface area contributed by atoms with Gasteiger partial charge < -0.3 is 16.0 Å². The number of carbonyl (C=O) groups excluding carboxylic acids is 2. The average molecular weight is 339 g/mol. The lowest BCUT2D eigenvalue weighted by Crippen LogP contribution is -2.31. The van der Waals surface area contributed by atoms with Crippen LogP contribution >= 0.6 is 11.8 Å². The summed E-state index contributed by atoms with van der Waals surface area (Å²) in [6.07, 6.45) is 5.13. The molecule has 0 saturated heterocycles. The monoisotopic (exact) mass is 339 g/mol. The van der Waals surface area contributed by atoms with Crippen LogP contribution in [0.1, 0.15) is 32.6 Å². The van der Waals surface area contributed by atoms with Gasteiger partial charge in [-0.1, -0.05) is 12.8 Å². The fourth-order valence-corrected chi connectivity index (χ4v) is 3.73. The van der Waals surface area contributed by atoms with Crippen molar-refractivity contribution >= 4 is 35.1 Å². The molecule has 1 aromatic rings. The van der Waals surface area contributed by atoms with E-state index in [0.29, 0.717) is 17.5 Å². The first kappa shape index (κ1) is 17.6. The van der Waals surface area contributed by atoms with Crippen molar-refractivity contribution in [2.24, 2.45) is 0 Å². The molecule has 7 heteroatoms. The van der Waals surface area contributed by atoms with Crippen molar-refractivity contribution in [1.82, 2.24) is 5.32 Å². The number of anilines is 2. The minimum atomic E-state index is -0.547. The van der Waals surface area contributed by atoms with Gasteiger partial charge >= 0.3 is 6.03 Å². The van der Waals surface area contributed by atoms with Gasteiger partial charge in [0.1, 0.15) is 5.82 Å². The van der Waals surface area contributed by atoms with E-state index in [-0.39, 0.29) is 11.6 Å². The molecule has 5 nitrogen and oxygen atoms in total. The average Bonchev–Trinajstić information content (AvgIpc) is 3.00. The number of halogens is 1. The zero-order valence-electron chi connectivity index (χ0n) is 13.2. The first-order chi connectivity index (χ1) is 11.0. The van der Waals surface area contributed by atoms with Gasteiger partial charge in [-0.15, -0.1) is 0 Å². The van der Waals surface area contributed by atoms with E-state index in [2.05, 4.69) is 16.0 Å². The number of carbonyl (C=O) groups is 2. The standard InChI is InChI=1S/C16H22FN3O2S/c1-11(21)19-12-6-7-14(17)15(10-12)20-16(22)18-8-9-23-13-4-2-3-5-13/h6-7,10,13H,2-5,8-9H2,1H3,(H,19,21)(H2,18,20,22). The Kier molecular flexibility index (Phi) is 6.70. The number of rotatable bonds is 6. The van der Waals surface area contributed by atoms with Crippen LogP contribution < -0.4 is 16.0 Å². The summed E-state index contributed by atoms with van der Waals surface area (Å²) in [5.74, 6) is 0.0532. The van der Waals surface area contributed by atoms with Crippen molar-refractivity contribution in [2.45, 2.75) is 37.9 Å². The van der Waals surface area contributed by atoms with Gasteiger partial charge in [0.15, 0.2) is 0 Å². The smallest absolute Gasteiger partial charge is 0.319 e. The summed E-state index contributed by atoms with van der Waals surface area (Å²) in [5, 5.41) is 8.45. The number of thioether (sulfide) groups is 1. The summed E-state index contributed by atoms with van der Waals surface area (Å²) in [6, 6.07) is 3.59. The van der Waals surface area contributed by atoms with Gasteiger partial charge in [0.25, 0.3) is 0 Å². The van der Waals surface area contributed by atoms with Crippen LogP contribution in [0.3, 0.4) is 0 Å². The Hall–Kier alpha value is -1.76. The maximum atomic E-state index is 13.7. The molecule has 1 saturated carbocycles. The lowest BCUT2D eigenvalue weighted by atomic mass is 10.2. The molecule has 1 fully saturated rings. The Morgan fingerprint density at radius 1 is 1.26 bits per heavy atom. The molecule has 0 heterocycles. The van der Waals surface area contributed by atoms with Crippen LogP contribution in [0.2, 0.25) is 0 Å². The number of urea groups is 1. The van der Waals surface area contributed by atoms with E-state index >= 15 is 0 Å². The Labute approximate surface area is 139 Å². The van der Waals surface area contributed by atoms with Gasteiger partial charge in [-0.3, -0.25) is 4.79 Å². The molecule has 126 valence electrons. The highest BCUT2D eigenvalue weighted by molar-refractivity contribution is 7.99. The molecule has 0 bridgehead atoms. The summed E-state index contributed by atoms with van der Waals surface area (Å²) < 4.78 is 13.7. The predicted octanol–water partition coefficient (Wildman–Crippen LogP) is 3.58. The Morgan fingerprint density at radius 3 is 2.70 bits per heavy atom. The van der Waals surface area contributed by atoms with Crippen LogP contribution in [0.5, 0.6) is 0 Å². The molecule has 0 atom stereocenters. The number of hydrogen-bond donors (Lipinski definition) is 3. The highest BCUT2D eigenvalue weighted by atomic mass is 32.2. The van der Waals surface area contributed by atoms with Gasteiger partial charge in [-0.25, -0.2) is 9.18 Å². The van der Waals surface area contributed by atoms with E-state index in [1.165, 1.54) is 50.8 Å². The highest BCUT2D eigenvalue weighted by Crippen LogP contribution is 2.28. The zero-order valence-corrected chi connectivity index (χ0v) is 14.0. The summed E-state index contributed by atoms with van der Waals surface area (Å²) >= 11 is 1.88. The van der Waals surface area contributed by atoms with Crippen molar-refractivity contribution in [3.8, 4) is 0 Å². The lowest BCUT2D eigenvalue weighted by molar-refractivity contribution is -0.114. The topological polar surface area (TPSA) is 70.2 Å². The quantitative estimate of drug-likeness (QED) is 0.694. The number of nitrogens with one attached hydrogen (secondary N) is 3. The molecule has 3 amide bonds. The molecule has 0 spiro atoms. The molecule has 1 aromatic carbocycles. The maximum Gasteiger partial charge on any atom is 0.319 e. The summed E-state index contributed by atoms with van der Waals surface area (Å²) in [5.41, 5.74) is 0.475. The molecule has 0 radical (unpaired) electrons. The van der Waals surface area contributed by atoms with Crippen LogP contribution in [0, 0.1) is 5.82 Å². The number of amides is 3. The van der Waals surface area contributed by atoms with Crippen LogP contribution in [0.25, 0.3) is 0 Å². The number of hydrogen-bond acceptors (Lipinski definition) is 3.